The van der Waals surface area contributed by atoms with Crippen LogP contribution in [0.15, 0.2) is 0 Å². The maximum atomic E-state index is 12.1. The standard InChI is InChI=1S/C6H9FO3/c1-6(2-7)3-9-5(8)10-4-6/h2-4H2,1H3. The van der Waals surface area contributed by atoms with Crippen molar-refractivity contribution < 1.29 is 18.7 Å². The van der Waals surface area contributed by atoms with Crippen molar-refractivity contribution in [3.63, 3.8) is 0 Å². The number of halogens is 1. The first kappa shape index (κ1) is 7.31. The molecular weight excluding hydrogens is 139 g/mol. The minimum atomic E-state index is -0.703. The van der Waals surface area contributed by atoms with Crippen LogP contribution in [0.4, 0.5) is 9.18 Å². The molecule has 0 aliphatic carbocycles. The Morgan fingerprint density at radius 1 is 1.60 bits per heavy atom. The monoisotopic (exact) mass is 148 g/mol. The van der Waals surface area contributed by atoms with Crippen molar-refractivity contribution in [2.45, 2.75) is 6.92 Å². The van der Waals surface area contributed by atoms with Gasteiger partial charge in [-0.25, -0.2) is 4.79 Å². The number of cyclic esters (lactones) is 2. The summed E-state index contributed by atoms with van der Waals surface area (Å²) in [6.45, 7) is 1.37. The molecule has 0 aromatic carbocycles. The van der Waals surface area contributed by atoms with Gasteiger partial charge < -0.3 is 9.47 Å². The average Bonchev–Trinajstić information content (AvgIpc) is 1.96. The van der Waals surface area contributed by atoms with Gasteiger partial charge >= 0.3 is 6.16 Å². The first-order valence-corrected chi connectivity index (χ1v) is 3.02. The van der Waals surface area contributed by atoms with Crippen LogP contribution < -0.4 is 0 Å². The molecule has 0 spiro atoms. The minimum absolute atomic E-state index is 0.113. The van der Waals surface area contributed by atoms with E-state index in [1.807, 2.05) is 0 Å². The molecule has 4 heteroatoms. The summed E-state index contributed by atoms with van der Waals surface area (Å²) in [6, 6.07) is 0. The quantitative estimate of drug-likeness (QED) is 0.523. The highest BCUT2D eigenvalue weighted by Gasteiger charge is 2.33. The lowest BCUT2D eigenvalue weighted by molar-refractivity contribution is -0.0601. The van der Waals surface area contributed by atoms with Crippen LogP contribution >= 0.6 is 0 Å². The zero-order valence-corrected chi connectivity index (χ0v) is 5.72. The fourth-order valence-electron chi connectivity index (χ4n) is 0.627. The highest BCUT2D eigenvalue weighted by atomic mass is 19.1. The van der Waals surface area contributed by atoms with E-state index in [0.717, 1.165) is 0 Å². The first-order valence-electron chi connectivity index (χ1n) is 3.02. The number of ether oxygens (including phenoxy) is 2. The zero-order chi connectivity index (χ0) is 7.61. The molecule has 1 heterocycles. The Hall–Kier alpha value is -0.800. The molecule has 58 valence electrons. The van der Waals surface area contributed by atoms with Crippen LogP contribution in [0.25, 0.3) is 0 Å². The van der Waals surface area contributed by atoms with Gasteiger partial charge in [0.05, 0.1) is 5.41 Å². The molecule has 1 saturated heterocycles. The van der Waals surface area contributed by atoms with E-state index in [-0.39, 0.29) is 13.2 Å². The average molecular weight is 148 g/mol. The molecule has 0 amide bonds. The van der Waals surface area contributed by atoms with Gasteiger partial charge in [-0.15, -0.1) is 0 Å². The highest BCUT2D eigenvalue weighted by Crippen LogP contribution is 2.22. The fourth-order valence-corrected chi connectivity index (χ4v) is 0.627. The van der Waals surface area contributed by atoms with Gasteiger partial charge in [0.25, 0.3) is 0 Å². The smallest absolute Gasteiger partial charge is 0.433 e. The predicted octanol–water partition coefficient (Wildman–Crippen LogP) is 1.13. The molecule has 0 bridgehead atoms. The second-order valence-electron chi connectivity index (χ2n) is 2.77. The molecule has 1 fully saturated rings. The lowest BCUT2D eigenvalue weighted by Crippen LogP contribution is -2.38. The van der Waals surface area contributed by atoms with E-state index in [9.17, 15) is 9.18 Å². The topological polar surface area (TPSA) is 35.5 Å². The van der Waals surface area contributed by atoms with Crippen molar-refractivity contribution in [3.05, 3.63) is 0 Å². The summed E-state index contributed by atoms with van der Waals surface area (Å²) in [5.41, 5.74) is -0.631. The molecule has 1 rings (SSSR count). The van der Waals surface area contributed by atoms with E-state index in [2.05, 4.69) is 9.47 Å². The Bertz CT molecular complexity index is 136. The molecule has 0 aromatic rings. The number of carbonyl (C=O) groups excluding carboxylic acids is 1. The summed E-state index contributed by atoms with van der Waals surface area (Å²) >= 11 is 0. The van der Waals surface area contributed by atoms with Crippen molar-refractivity contribution >= 4 is 6.16 Å². The van der Waals surface area contributed by atoms with Gasteiger partial charge in [0.15, 0.2) is 0 Å². The second-order valence-corrected chi connectivity index (χ2v) is 2.77. The Labute approximate surface area is 58.1 Å². The normalized spacial score (nSPS) is 23.2. The van der Waals surface area contributed by atoms with E-state index in [4.69, 9.17) is 0 Å². The second kappa shape index (κ2) is 2.44. The van der Waals surface area contributed by atoms with Gasteiger partial charge in [-0.3, -0.25) is 4.39 Å². The third-order valence-corrected chi connectivity index (χ3v) is 1.40. The Morgan fingerprint density at radius 2 is 2.10 bits per heavy atom. The van der Waals surface area contributed by atoms with Gasteiger partial charge in [0.1, 0.15) is 19.9 Å². The summed E-state index contributed by atoms with van der Waals surface area (Å²) in [5.74, 6) is 0. The summed E-state index contributed by atoms with van der Waals surface area (Å²) < 4.78 is 21.1. The highest BCUT2D eigenvalue weighted by molar-refractivity contribution is 5.60. The molecule has 10 heavy (non-hydrogen) atoms. The minimum Gasteiger partial charge on any atom is -0.433 e. The van der Waals surface area contributed by atoms with E-state index < -0.39 is 18.2 Å². The molecule has 0 aromatic heterocycles. The summed E-state index contributed by atoms with van der Waals surface area (Å²) in [4.78, 5) is 10.3. The van der Waals surface area contributed by atoms with Crippen LogP contribution in [-0.2, 0) is 9.47 Å². The Morgan fingerprint density at radius 3 is 2.50 bits per heavy atom. The Kier molecular flexibility index (Phi) is 1.78. The van der Waals surface area contributed by atoms with Crippen LogP contribution in [0.2, 0.25) is 0 Å². The zero-order valence-electron chi connectivity index (χ0n) is 5.72. The van der Waals surface area contributed by atoms with Gasteiger partial charge in [-0.1, -0.05) is 6.92 Å². The molecule has 0 N–H and O–H groups in total. The van der Waals surface area contributed by atoms with Gasteiger partial charge in [-0.05, 0) is 0 Å². The number of hydrogen-bond acceptors (Lipinski definition) is 3. The van der Waals surface area contributed by atoms with Crippen molar-refractivity contribution in [1.82, 2.24) is 0 Å². The van der Waals surface area contributed by atoms with E-state index >= 15 is 0 Å². The molecular formula is C6H9FO3. The summed E-state index contributed by atoms with van der Waals surface area (Å²) in [7, 11) is 0. The van der Waals surface area contributed by atoms with Crippen LogP contribution in [0.3, 0.4) is 0 Å². The molecule has 0 radical (unpaired) electrons. The Balaban J connectivity index is 2.46. The van der Waals surface area contributed by atoms with E-state index in [0.29, 0.717) is 0 Å². The van der Waals surface area contributed by atoms with Crippen LogP contribution in [0.1, 0.15) is 6.92 Å². The fraction of sp³-hybridized carbons (Fsp3) is 0.833. The van der Waals surface area contributed by atoms with E-state index in [1.165, 1.54) is 0 Å². The van der Waals surface area contributed by atoms with Gasteiger partial charge in [0, 0.05) is 0 Å². The molecule has 1 aliphatic rings. The lowest BCUT2D eigenvalue weighted by Gasteiger charge is -2.28. The molecule has 0 unspecified atom stereocenters. The van der Waals surface area contributed by atoms with Crippen LogP contribution in [-0.4, -0.2) is 26.0 Å². The number of rotatable bonds is 1. The maximum absolute atomic E-state index is 12.1. The van der Waals surface area contributed by atoms with E-state index in [1.54, 1.807) is 6.92 Å². The molecule has 3 nitrogen and oxygen atoms in total. The van der Waals surface area contributed by atoms with Gasteiger partial charge in [-0.2, -0.15) is 0 Å². The van der Waals surface area contributed by atoms with Crippen molar-refractivity contribution in [2.75, 3.05) is 19.9 Å². The van der Waals surface area contributed by atoms with Crippen LogP contribution in [0, 0.1) is 5.41 Å². The number of hydrogen-bond donors (Lipinski definition) is 0. The van der Waals surface area contributed by atoms with Crippen molar-refractivity contribution in [3.8, 4) is 0 Å². The lowest BCUT2D eigenvalue weighted by atomic mass is 9.95. The number of alkyl halides is 1. The maximum Gasteiger partial charge on any atom is 0.508 e. The van der Waals surface area contributed by atoms with Crippen molar-refractivity contribution in [2.24, 2.45) is 5.41 Å². The SMILES string of the molecule is CC1(CF)COC(=O)OC1. The summed E-state index contributed by atoms with van der Waals surface area (Å²) in [6.07, 6.45) is -0.703. The van der Waals surface area contributed by atoms with Crippen molar-refractivity contribution in [1.29, 1.82) is 0 Å². The van der Waals surface area contributed by atoms with Gasteiger partial charge in [0.2, 0.25) is 0 Å². The first-order chi connectivity index (χ1) is 4.66. The largest absolute Gasteiger partial charge is 0.508 e. The predicted molar refractivity (Wildman–Crippen MR) is 31.4 cm³/mol. The summed E-state index contributed by atoms with van der Waals surface area (Å²) in [5, 5.41) is 0. The third kappa shape index (κ3) is 1.37. The molecule has 0 atom stereocenters. The van der Waals surface area contributed by atoms with Crippen LogP contribution in [0.5, 0.6) is 0 Å². The molecule has 0 saturated carbocycles. The third-order valence-electron chi connectivity index (χ3n) is 1.40. The molecule has 1 aliphatic heterocycles. The number of carbonyl (C=O) groups is 1.